The van der Waals surface area contributed by atoms with Gasteiger partial charge < -0.3 is 0 Å². The van der Waals surface area contributed by atoms with Gasteiger partial charge in [-0.3, -0.25) is 0 Å². The van der Waals surface area contributed by atoms with E-state index in [9.17, 15) is 0 Å². The normalized spacial score (nSPS) is 16.6. The largest absolute Gasteiger partial charge is 0.157 e. The molecular formula is C12H9Br3S3. The quantitative estimate of drug-likeness (QED) is 0.428. The molecule has 1 atom stereocenters. The first-order chi connectivity index (χ1) is 8.65. The van der Waals surface area contributed by atoms with E-state index >= 15 is 0 Å². The SMILES string of the molecule is Brc1cc(C(Br)c2cc3c(s2)CCSC3)sc1Br. The first kappa shape index (κ1) is 14.1. The van der Waals surface area contributed by atoms with E-state index in [4.69, 9.17) is 0 Å². The van der Waals surface area contributed by atoms with Crippen LogP contribution in [-0.2, 0) is 12.2 Å². The summed E-state index contributed by atoms with van der Waals surface area (Å²) in [6.45, 7) is 0. The molecule has 2 aromatic heterocycles. The second kappa shape index (κ2) is 5.90. The lowest BCUT2D eigenvalue weighted by Gasteiger charge is -2.08. The molecule has 0 amide bonds. The van der Waals surface area contributed by atoms with E-state index in [0.717, 1.165) is 4.47 Å². The third kappa shape index (κ3) is 2.79. The fourth-order valence-electron chi connectivity index (χ4n) is 1.92. The summed E-state index contributed by atoms with van der Waals surface area (Å²) in [7, 11) is 0. The Labute approximate surface area is 144 Å². The second-order valence-corrected chi connectivity index (χ2v) is 10.5. The molecule has 0 saturated heterocycles. The van der Waals surface area contributed by atoms with Gasteiger partial charge in [-0.05, 0) is 61.7 Å². The van der Waals surface area contributed by atoms with Crippen molar-refractivity contribution in [3.05, 3.63) is 40.6 Å². The van der Waals surface area contributed by atoms with E-state index < -0.39 is 0 Å². The Kier molecular flexibility index (Phi) is 4.63. The van der Waals surface area contributed by atoms with Crippen molar-refractivity contribution in [1.29, 1.82) is 0 Å². The van der Waals surface area contributed by atoms with E-state index in [2.05, 4.69) is 59.9 Å². The molecule has 0 spiro atoms. The van der Waals surface area contributed by atoms with Crippen LogP contribution in [0.5, 0.6) is 0 Å². The summed E-state index contributed by atoms with van der Waals surface area (Å²) < 4.78 is 2.31. The molecule has 3 rings (SSSR count). The fraction of sp³-hybridized carbons (Fsp3) is 0.333. The first-order valence-corrected chi connectivity index (χ1v) is 10.7. The molecule has 1 unspecified atom stereocenters. The number of thiophene rings is 2. The second-order valence-electron chi connectivity index (χ2n) is 4.03. The van der Waals surface area contributed by atoms with Crippen LogP contribution in [0.4, 0.5) is 0 Å². The molecule has 0 nitrogen and oxygen atoms in total. The van der Waals surface area contributed by atoms with Crippen molar-refractivity contribution in [3.8, 4) is 0 Å². The zero-order valence-corrected chi connectivity index (χ0v) is 16.4. The van der Waals surface area contributed by atoms with Gasteiger partial charge in [0.1, 0.15) is 0 Å². The Morgan fingerprint density at radius 2 is 1.89 bits per heavy atom. The van der Waals surface area contributed by atoms with Gasteiger partial charge in [-0.2, -0.15) is 11.8 Å². The average molecular weight is 489 g/mol. The van der Waals surface area contributed by atoms with Crippen LogP contribution in [-0.4, -0.2) is 5.75 Å². The maximum absolute atomic E-state index is 3.84. The minimum absolute atomic E-state index is 0.325. The van der Waals surface area contributed by atoms with Crippen LogP contribution in [0, 0.1) is 0 Å². The third-order valence-electron chi connectivity index (χ3n) is 2.81. The molecule has 0 N–H and O–H groups in total. The standard InChI is InChI=1S/C12H9Br3S3/c13-7-4-10(18-12(7)15)11(14)9-3-6-5-16-2-1-8(6)17-9/h3-4,11H,1-2,5H2. The molecule has 18 heavy (non-hydrogen) atoms. The number of thioether (sulfide) groups is 1. The molecule has 6 heteroatoms. The Morgan fingerprint density at radius 1 is 1.11 bits per heavy atom. The highest BCUT2D eigenvalue weighted by Crippen LogP contribution is 2.45. The van der Waals surface area contributed by atoms with Gasteiger partial charge in [-0.1, -0.05) is 15.9 Å². The summed E-state index contributed by atoms with van der Waals surface area (Å²) in [4.78, 5) is 4.69. The Balaban J connectivity index is 1.92. The highest BCUT2D eigenvalue weighted by atomic mass is 79.9. The Hall–Kier alpha value is 1.19. The molecule has 1 aliphatic heterocycles. The number of hydrogen-bond acceptors (Lipinski definition) is 3. The van der Waals surface area contributed by atoms with Crippen LogP contribution in [0.25, 0.3) is 0 Å². The van der Waals surface area contributed by atoms with Crippen LogP contribution in [0.15, 0.2) is 20.4 Å². The van der Waals surface area contributed by atoms with Crippen molar-refractivity contribution < 1.29 is 0 Å². The molecule has 0 aromatic carbocycles. The molecule has 96 valence electrons. The Morgan fingerprint density at radius 3 is 2.56 bits per heavy atom. The summed E-state index contributed by atoms with van der Waals surface area (Å²) >= 11 is 16.8. The minimum Gasteiger partial charge on any atom is -0.157 e. The van der Waals surface area contributed by atoms with E-state index in [0.29, 0.717) is 4.83 Å². The van der Waals surface area contributed by atoms with Crippen LogP contribution < -0.4 is 0 Å². The van der Waals surface area contributed by atoms with Gasteiger partial charge in [0.05, 0.1) is 8.61 Å². The van der Waals surface area contributed by atoms with Crippen molar-refractivity contribution in [2.24, 2.45) is 0 Å². The molecule has 3 heterocycles. The Bertz CT molecular complexity index is 530. The van der Waals surface area contributed by atoms with E-state index in [1.54, 1.807) is 21.8 Å². The van der Waals surface area contributed by atoms with Gasteiger partial charge in [-0.25, -0.2) is 0 Å². The predicted octanol–water partition coefficient (Wildman–Crippen LogP) is 6.61. The van der Waals surface area contributed by atoms with Gasteiger partial charge in [0.15, 0.2) is 0 Å². The fourth-order valence-corrected chi connectivity index (χ4v) is 7.28. The number of rotatable bonds is 2. The number of halogens is 3. The van der Waals surface area contributed by atoms with E-state index in [1.807, 2.05) is 23.1 Å². The van der Waals surface area contributed by atoms with Gasteiger partial charge in [0, 0.05) is 24.9 Å². The van der Waals surface area contributed by atoms with Crippen LogP contribution >= 0.6 is 82.2 Å². The van der Waals surface area contributed by atoms with Gasteiger partial charge in [0.2, 0.25) is 0 Å². The molecule has 0 saturated carbocycles. The number of aryl methyl sites for hydroxylation is 1. The average Bonchev–Trinajstić information content (AvgIpc) is 2.93. The molecular weight excluding hydrogens is 480 g/mol. The van der Waals surface area contributed by atoms with Gasteiger partial charge >= 0.3 is 0 Å². The monoisotopic (exact) mass is 486 g/mol. The molecule has 0 radical (unpaired) electrons. The smallest absolute Gasteiger partial charge is 0.0843 e. The molecule has 0 bridgehead atoms. The maximum Gasteiger partial charge on any atom is 0.0843 e. The van der Waals surface area contributed by atoms with Gasteiger partial charge in [0.25, 0.3) is 0 Å². The number of alkyl halides is 1. The topological polar surface area (TPSA) is 0 Å². The molecule has 0 aliphatic carbocycles. The van der Waals surface area contributed by atoms with Crippen molar-refractivity contribution in [1.82, 2.24) is 0 Å². The minimum atomic E-state index is 0.325. The van der Waals surface area contributed by atoms with E-state index in [-0.39, 0.29) is 0 Å². The summed E-state index contributed by atoms with van der Waals surface area (Å²) in [5.74, 6) is 2.46. The number of hydrogen-bond donors (Lipinski definition) is 0. The highest BCUT2D eigenvalue weighted by Gasteiger charge is 2.20. The van der Waals surface area contributed by atoms with Crippen molar-refractivity contribution >= 4 is 82.2 Å². The summed E-state index contributed by atoms with van der Waals surface area (Å²) in [5.41, 5.74) is 1.55. The lowest BCUT2D eigenvalue weighted by molar-refractivity contribution is 1.13. The summed E-state index contributed by atoms with van der Waals surface area (Å²) in [5, 5.41) is 0. The van der Waals surface area contributed by atoms with Gasteiger partial charge in [-0.15, -0.1) is 22.7 Å². The predicted molar refractivity (Wildman–Crippen MR) is 94.7 cm³/mol. The maximum atomic E-state index is 3.84. The highest BCUT2D eigenvalue weighted by molar-refractivity contribution is 9.13. The van der Waals surface area contributed by atoms with Crippen molar-refractivity contribution in [2.75, 3.05) is 5.75 Å². The molecule has 2 aromatic rings. The molecule has 0 fully saturated rings. The van der Waals surface area contributed by atoms with Crippen LogP contribution in [0.1, 0.15) is 25.0 Å². The summed E-state index contributed by atoms with van der Waals surface area (Å²) in [6.07, 6.45) is 1.24. The van der Waals surface area contributed by atoms with Crippen LogP contribution in [0.3, 0.4) is 0 Å². The van der Waals surface area contributed by atoms with Crippen molar-refractivity contribution in [3.63, 3.8) is 0 Å². The third-order valence-corrected chi connectivity index (χ3v) is 10.0. The van der Waals surface area contributed by atoms with Crippen molar-refractivity contribution in [2.45, 2.75) is 17.0 Å². The molecule has 1 aliphatic rings. The zero-order valence-electron chi connectivity index (χ0n) is 9.21. The lowest BCUT2D eigenvalue weighted by Crippen LogP contribution is -1.96. The zero-order chi connectivity index (χ0) is 12.7. The van der Waals surface area contributed by atoms with Crippen LogP contribution in [0.2, 0.25) is 0 Å². The lowest BCUT2D eigenvalue weighted by atomic mass is 10.2. The summed E-state index contributed by atoms with van der Waals surface area (Å²) in [6, 6.07) is 4.58. The number of fused-ring (bicyclic) bond motifs is 1. The van der Waals surface area contributed by atoms with E-state index in [1.165, 1.54) is 31.5 Å². The first-order valence-electron chi connectivity index (χ1n) is 5.43.